The average Bonchev–Trinajstić information content (AvgIpc) is 3.48. The molecule has 0 unspecified atom stereocenters. The van der Waals surface area contributed by atoms with Crippen LogP contribution >= 0.6 is 0 Å². The number of nitrogens with two attached hydrogens (primary N) is 1. The van der Waals surface area contributed by atoms with Crippen molar-refractivity contribution >= 4 is 22.9 Å². The number of nitrogen functional groups attached to an aromatic ring is 1. The Balaban J connectivity index is 1.52. The lowest BCUT2D eigenvalue weighted by Crippen LogP contribution is -2.31. The van der Waals surface area contributed by atoms with E-state index in [0.29, 0.717) is 48.0 Å². The van der Waals surface area contributed by atoms with Crippen LogP contribution in [-0.2, 0) is 4.79 Å². The van der Waals surface area contributed by atoms with Crippen LogP contribution in [0.2, 0.25) is 0 Å². The van der Waals surface area contributed by atoms with Crippen LogP contribution in [0.3, 0.4) is 0 Å². The van der Waals surface area contributed by atoms with E-state index in [2.05, 4.69) is 41.7 Å². The Morgan fingerprint density at radius 3 is 2.62 bits per heavy atom. The summed E-state index contributed by atoms with van der Waals surface area (Å²) in [6.07, 6.45) is 1.96. The van der Waals surface area contributed by atoms with Crippen LogP contribution in [0, 0.1) is 11.8 Å². The first-order valence-electron chi connectivity index (χ1n) is 12.2. The monoisotopic (exact) mass is 496 g/mol. The summed E-state index contributed by atoms with van der Waals surface area (Å²) in [5.74, 6) is 6.94. The number of imidazole rings is 1. The number of likely N-dealkylation sites (tertiary alicyclic amines) is 1. The number of hydrogen-bond acceptors (Lipinski definition) is 6. The third kappa shape index (κ3) is 4.42. The van der Waals surface area contributed by atoms with Gasteiger partial charge in [0.15, 0.2) is 11.5 Å². The van der Waals surface area contributed by atoms with Gasteiger partial charge >= 0.3 is 5.69 Å². The zero-order valence-corrected chi connectivity index (χ0v) is 21.0. The predicted octanol–water partition coefficient (Wildman–Crippen LogP) is 3.88. The van der Waals surface area contributed by atoms with Gasteiger partial charge in [0, 0.05) is 13.1 Å². The van der Waals surface area contributed by atoms with Crippen LogP contribution in [0.25, 0.3) is 16.9 Å². The van der Waals surface area contributed by atoms with Crippen LogP contribution in [0.5, 0.6) is 11.5 Å². The molecule has 9 nitrogen and oxygen atoms in total. The van der Waals surface area contributed by atoms with Crippen molar-refractivity contribution < 1.29 is 9.53 Å². The number of hydrogen-bond donors (Lipinski definition) is 1. The highest BCUT2D eigenvalue weighted by Crippen LogP contribution is 2.32. The fourth-order valence-electron chi connectivity index (χ4n) is 4.80. The minimum atomic E-state index is -0.290. The van der Waals surface area contributed by atoms with Gasteiger partial charge in [0.25, 0.3) is 5.91 Å². The molecule has 188 valence electrons. The number of benzene rings is 2. The summed E-state index contributed by atoms with van der Waals surface area (Å²) in [5.41, 5.74) is 8.54. The Morgan fingerprint density at radius 2 is 1.89 bits per heavy atom. The van der Waals surface area contributed by atoms with Crippen molar-refractivity contribution in [2.45, 2.75) is 39.2 Å². The molecule has 1 amide bonds. The normalized spacial score (nSPS) is 15.1. The molecule has 2 aromatic carbocycles. The first-order valence-corrected chi connectivity index (χ1v) is 12.2. The largest absolute Gasteiger partial charge is 0.457 e. The molecule has 1 atom stereocenters. The molecule has 2 aromatic heterocycles. The highest BCUT2D eigenvalue weighted by molar-refractivity contribution is 5.93. The molecule has 9 heteroatoms. The molecule has 0 bridgehead atoms. The van der Waals surface area contributed by atoms with Crippen LogP contribution in [0.4, 0.5) is 5.82 Å². The number of nitrogens with zero attached hydrogens (tertiary/aromatic N) is 5. The molecule has 0 aliphatic carbocycles. The molecular formula is C28H28N6O3. The molecule has 1 fully saturated rings. The van der Waals surface area contributed by atoms with Gasteiger partial charge in [-0.15, -0.1) is 0 Å². The Hall–Kier alpha value is -4.58. The molecule has 1 aliphatic heterocycles. The molecule has 37 heavy (non-hydrogen) atoms. The molecule has 3 heterocycles. The highest BCUT2D eigenvalue weighted by atomic mass is 16.5. The highest BCUT2D eigenvalue weighted by Gasteiger charge is 2.31. The summed E-state index contributed by atoms with van der Waals surface area (Å²) in [6, 6.07) is 15.0. The molecular weight excluding hydrogens is 468 g/mol. The molecule has 5 rings (SSSR count). The molecule has 1 saturated heterocycles. The van der Waals surface area contributed by atoms with E-state index in [4.69, 9.17) is 10.5 Å². The summed E-state index contributed by atoms with van der Waals surface area (Å²) >= 11 is 0. The second-order valence-electron chi connectivity index (χ2n) is 9.28. The Bertz CT molecular complexity index is 1590. The summed E-state index contributed by atoms with van der Waals surface area (Å²) in [4.78, 5) is 36.2. The summed E-state index contributed by atoms with van der Waals surface area (Å²) in [6.45, 7) is 6.76. The van der Waals surface area contributed by atoms with E-state index in [9.17, 15) is 9.59 Å². The van der Waals surface area contributed by atoms with Crippen molar-refractivity contribution in [3.05, 3.63) is 70.9 Å². The number of carbonyl (C=O) groups excluding carboxylic acids is 1. The van der Waals surface area contributed by atoms with E-state index in [0.717, 1.165) is 11.3 Å². The van der Waals surface area contributed by atoms with E-state index < -0.39 is 0 Å². The van der Waals surface area contributed by atoms with Gasteiger partial charge in [-0.05, 0) is 61.1 Å². The number of para-hydroxylation sites is 1. The molecule has 4 aromatic rings. The van der Waals surface area contributed by atoms with Crippen molar-refractivity contribution in [3.8, 4) is 29.0 Å². The van der Waals surface area contributed by atoms with Gasteiger partial charge in [-0.1, -0.05) is 38.0 Å². The molecule has 2 N–H and O–H groups in total. The fraction of sp³-hybridized carbons (Fsp3) is 0.286. The number of amides is 1. The van der Waals surface area contributed by atoms with Crippen molar-refractivity contribution in [2.24, 2.45) is 0 Å². The fourth-order valence-corrected chi connectivity index (χ4v) is 4.80. The Labute approximate surface area is 214 Å². The quantitative estimate of drug-likeness (QED) is 0.420. The number of aromatic nitrogens is 4. The van der Waals surface area contributed by atoms with Gasteiger partial charge in [-0.3, -0.25) is 13.9 Å². The van der Waals surface area contributed by atoms with E-state index in [1.54, 1.807) is 16.4 Å². The summed E-state index contributed by atoms with van der Waals surface area (Å²) in [7, 11) is 0. The molecule has 0 spiro atoms. The standard InChI is InChI=1S/C28H28N6O3/c1-4-7-24(35)32-15-14-20(16-32)34-27-25(26(29)30-17-31-27)33(28(34)36)19-10-12-21(13-11-19)37-23-9-6-5-8-22(23)18(2)3/h5-6,8-13,17-18,20H,14-16H2,1-3H3,(H2,29,30,31)/t20-/m1/s1. The Kier molecular flexibility index (Phi) is 6.40. The maximum Gasteiger partial charge on any atom is 0.335 e. The van der Waals surface area contributed by atoms with Gasteiger partial charge in [-0.25, -0.2) is 14.8 Å². The van der Waals surface area contributed by atoms with E-state index in [1.165, 1.54) is 10.9 Å². The lowest BCUT2D eigenvalue weighted by Gasteiger charge is -2.14. The average molecular weight is 497 g/mol. The van der Waals surface area contributed by atoms with Crippen LogP contribution < -0.4 is 16.2 Å². The minimum absolute atomic E-state index is 0.204. The van der Waals surface area contributed by atoms with Crippen molar-refractivity contribution in [2.75, 3.05) is 18.8 Å². The van der Waals surface area contributed by atoms with Gasteiger partial charge in [0.2, 0.25) is 0 Å². The number of rotatable bonds is 5. The van der Waals surface area contributed by atoms with Crippen molar-refractivity contribution in [1.29, 1.82) is 0 Å². The SMILES string of the molecule is CC#CC(=O)N1CC[C@@H](n2c(=O)n(-c3ccc(Oc4ccccc4C(C)C)cc3)c3c(N)ncnc32)C1. The maximum absolute atomic E-state index is 13.8. The zero-order chi connectivity index (χ0) is 26.1. The van der Waals surface area contributed by atoms with Gasteiger partial charge in [-0.2, -0.15) is 0 Å². The van der Waals surface area contributed by atoms with Gasteiger partial charge in [0.1, 0.15) is 23.3 Å². The van der Waals surface area contributed by atoms with Crippen LogP contribution in [0.15, 0.2) is 59.7 Å². The molecule has 1 aliphatic rings. The van der Waals surface area contributed by atoms with Crippen LogP contribution in [0.1, 0.15) is 44.7 Å². The zero-order valence-electron chi connectivity index (χ0n) is 21.0. The molecule has 0 radical (unpaired) electrons. The van der Waals surface area contributed by atoms with E-state index >= 15 is 0 Å². The van der Waals surface area contributed by atoms with E-state index in [1.807, 2.05) is 42.5 Å². The van der Waals surface area contributed by atoms with Gasteiger partial charge in [0.05, 0.1) is 11.7 Å². The van der Waals surface area contributed by atoms with E-state index in [-0.39, 0.29) is 23.5 Å². The Morgan fingerprint density at radius 1 is 1.14 bits per heavy atom. The summed E-state index contributed by atoms with van der Waals surface area (Å²) < 4.78 is 9.29. The van der Waals surface area contributed by atoms with Crippen molar-refractivity contribution in [3.63, 3.8) is 0 Å². The minimum Gasteiger partial charge on any atom is -0.457 e. The van der Waals surface area contributed by atoms with Crippen molar-refractivity contribution in [1.82, 2.24) is 24.0 Å². The smallest absolute Gasteiger partial charge is 0.335 e. The number of anilines is 1. The second kappa shape index (κ2) is 9.82. The summed E-state index contributed by atoms with van der Waals surface area (Å²) in [5, 5.41) is 0. The third-order valence-electron chi connectivity index (χ3n) is 6.59. The predicted molar refractivity (Wildman–Crippen MR) is 142 cm³/mol. The number of carbonyl (C=O) groups is 1. The number of ether oxygens (including phenoxy) is 1. The molecule has 0 saturated carbocycles. The topological polar surface area (TPSA) is 108 Å². The first kappa shape index (κ1) is 24.1. The number of fused-ring (bicyclic) bond motifs is 1. The lowest BCUT2D eigenvalue weighted by molar-refractivity contribution is -0.124. The second-order valence-corrected chi connectivity index (χ2v) is 9.28. The maximum atomic E-state index is 13.8. The van der Waals surface area contributed by atoms with Gasteiger partial charge < -0.3 is 15.4 Å². The third-order valence-corrected chi connectivity index (χ3v) is 6.59. The first-order chi connectivity index (χ1) is 17.9. The van der Waals surface area contributed by atoms with Crippen LogP contribution in [-0.4, -0.2) is 43.0 Å². The lowest BCUT2D eigenvalue weighted by atomic mass is 10.0.